The van der Waals surface area contributed by atoms with Gasteiger partial charge in [0.2, 0.25) is 10.0 Å². The van der Waals surface area contributed by atoms with Crippen molar-refractivity contribution in [2.45, 2.75) is 29.9 Å². The fraction of sp³-hybridized carbons (Fsp3) is 0.200. The lowest BCUT2D eigenvalue weighted by Crippen LogP contribution is -2.37. The van der Waals surface area contributed by atoms with E-state index < -0.39 is 16.0 Å². The zero-order valence-corrected chi connectivity index (χ0v) is 19.8. The Bertz CT molecular complexity index is 1280. The van der Waals surface area contributed by atoms with Gasteiger partial charge in [0.25, 0.3) is 0 Å². The first-order valence-electron chi connectivity index (χ1n) is 10.7. The number of nitrogens with zero attached hydrogens (tertiary/aromatic N) is 2. The Hall–Kier alpha value is -3.04. The van der Waals surface area contributed by atoms with Crippen molar-refractivity contribution in [1.82, 2.24) is 14.6 Å². The molecule has 9 heteroatoms. The second kappa shape index (κ2) is 10.5. The molecule has 176 valence electrons. The number of rotatable bonds is 8. The van der Waals surface area contributed by atoms with Crippen molar-refractivity contribution >= 4 is 33.7 Å². The summed E-state index contributed by atoms with van der Waals surface area (Å²) in [4.78, 5) is 17.8. The molecule has 34 heavy (non-hydrogen) atoms. The molecule has 2 aromatic carbocycles. The molecule has 1 saturated heterocycles. The summed E-state index contributed by atoms with van der Waals surface area (Å²) in [6.45, 7) is 1.13. The molecule has 0 radical (unpaired) electrons. The van der Waals surface area contributed by atoms with Gasteiger partial charge in [-0.05, 0) is 60.0 Å². The highest BCUT2D eigenvalue weighted by atomic mass is 35.5. The van der Waals surface area contributed by atoms with Crippen LogP contribution < -0.4 is 4.72 Å². The zero-order valence-electron chi connectivity index (χ0n) is 18.2. The molecule has 0 amide bonds. The predicted molar refractivity (Wildman–Crippen MR) is 131 cm³/mol. The van der Waals surface area contributed by atoms with Crippen molar-refractivity contribution < 1.29 is 18.3 Å². The molecule has 1 fully saturated rings. The maximum atomic E-state index is 12.9. The van der Waals surface area contributed by atoms with E-state index in [0.717, 1.165) is 11.1 Å². The van der Waals surface area contributed by atoms with Crippen LogP contribution in [0, 0.1) is 0 Å². The lowest BCUT2D eigenvalue weighted by molar-refractivity contribution is 0.0697. The van der Waals surface area contributed by atoms with Crippen molar-refractivity contribution in [3.05, 3.63) is 101 Å². The van der Waals surface area contributed by atoms with Gasteiger partial charge >= 0.3 is 5.97 Å². The number of halogens is 1. The smallest absolute Gasteiger partial charge is 0.335 e. The summed E-state index contributed by atoms with van der Waals surface area (Å²) < 4.78 is 28.6. The molecule has 4 rings (SSSR count). The lowest BCUT2D eigenvalue weighted by Gasteiger charge is -2.21. The molecule has 2 N–H and O–H groups in total. The quantitative estimate of drug-likeness (QED) is 0.486. The van der Waals surface area contributed by atoms with Gasteiger partial charge in [-0.3, -0.25) is 9.88 Å². The van der Waals surface area contributed by atoms with Crippen molar-refractivity contribution in [3.8, 4) is 0 Å². The molecule has 0 saturated carbocycles. The molecule has 1 aromatic heterocycles. The number of aromatic nitrogens is 1. The van der Waals surface area contributed by atoms with Crippen LogP contribution in [0.2, 0.25) is 5.02 Å². The van der Waals surface area contributed by atoms with Gasteiger partial charge in [0.15, 0.2) is 0 Å². The van der Waals surface area contributed by atoms with Gasteiger partial charge in [-0.15, -0.1) is 0 Å². The van der Waals surface area contributed by atoms with E-state index in [1.54, 1.807) is 42.7 Å². The number of carboxylic acids is 1. The summed E-state index contributed by atoms with van der Waals surface area (Å²) in [6.07, 6.45) is 7.95. The Morgan fingerprint density at radius 3 is 2.68 bits per heavy atom. The summed E-state index contributed by atoms with van der Waals surface area (Å²) in [5, 5.41) is 9.71. The van der Waals surface area contributed by atoms with E-state index in [1.807, 2.05) is 30.4 Å². The van der Waals surface area contributed by atoms with Crippen molar-refractivity contribution in [3.63, 3.8) is 0 Å². The minimum atomic E-state index is -3.70. The third-order valence-electron chi connectivity index (χ3n) is 5.65. The Labute approximate surface area is 203 Å². The second-order valence-electron chi connectivity index (χ2n) is 8.16. The number of carboxylic acid groups (broad SMARTS) is 1. The minimum absolute atomic E-state index is 0.0494. The average molecular weight is 498 g/mol. The summed E-state index contributed by atoms with van der Waals surface area (Å²) in [5.41, 5.74) is 2.01. The molecule has 0 spiro atoms. The number of nitrogens with one attached hydrogen (secondary N) is 1. The number of aromatic carboxylic acids is 1. The highest BCUT2D eigenvalue weighted by molar-refractivity contribution is 7.89. The minimum Gasteiger partial charge on any atom is -0.478 e. The van der Waals surface area contributed by atoms with Crippen LogP contribution in [0.5, 0.6) is 0 Å². The van der Waals surface area contributed by atoms with Gasteiger partial charge < -0.3 is 5.11 Å². The largest absolute Gasteiger partial charge is 0.478 e. The third kappa shape index (κ3) is 6.09. The standard InChI is InChI=1S/C25H24ClN3O4S/c26-21-7-10-24(11-8-21)34(32,33)28-22-14-23(29(17-22)16-19-4-2-12-27-15-19)9-6-18-3-1-5-20(13-18)25(30)31/h1-13,15,22-23,28H,14,16-17H2,(H,30,31)/b9-6-/t22-,23-/m1/s1. The molecule has 1 aliphatic rings. The van der Waals surface area contributed by atoms with Crippen molar-refractivity contribution in [1.29, 1.82) is 0 Å². The van der Waals surface area contributed by atoms with E-state index >= 15 is 0 Å². The lowest BCUT2D eigenvalue weighted by atomic mass is 10.1. The Balaban J connectivity index is 1.53. The number of pyridine rings is 1. The molecule has 3 aromatic rings. The third-order valence-corrected chi connectivity index (χ3v) is 7.44. The fourth-order valence-corrected chi connectivity index (χ4v) is 5.39. The van der Waals surface area contributed by atoms with Gasteiger partial charge in [-0.1, -0.05) is 42.0 Å². The number of carbonyl (C=O) groups is 1. The normalized spacial score (nSPS) is 19.0. The Morgan fingerprint density at radius 1 is 1.18 bits per heavy atom. The van der Waals surface area contributed by atoms with Crippen LogP contribution in [0.15, 0.2) is 84.0 Å². The maximum absolute atomic E-state index is 12.9. The molecule has 1 aliphatic heterocycles. The van der Waals surface area contributed by atoms with Crippen LogP contribution in [0.25, 0.3) is 6.08 Å². The molecule has 2 heterocycles. The molecule has 0 aliphatic carbocycles. The van der Waals surface area contributed by atoms with Crippen LogP contribution in [0.1, 0.15) is 27.9 Å². The van der Waals surface area contributed by atoms with Crippen LogP contribution in [-0.4, -0.2) is 48.0 Å². The van der Waals surface area contributed by atoms with E-state index in [-0.39, 0.29) is 22.5 Å². The highest BCUT2D eigenvalue weighted by Gasteiger charge is 2.33. The summed E-state index contributed by atoms with van der Waals surface area (Å²) in [5.74, 6) is -0.981. The van der Waals surface area contributed by atoms with Gasteiger partial charge in [0.05, 0.1) is 10.5 Å². The SMILES string of the molecule is O=C(O)c1cccc(/C=C\[C@@H]2C[C@@H](NS(=O)(=O)c3ccc(Cl)cc3)CN2Cc2cccnc2)c1. The number of sulfonamides is 1. The molecular formula is C25H24ClN3O4S. The van der Waals surface area contributed by atoms with Gasteiger partial charge in [0.1, 0.15) is 0 Å². The number of benzene rings is 2. The first-order chi connectivity index (χ1) is 16.3. The maximum Gasteiger partial charge on any atom is 0.335 e. The van der Waals surface area contributed by atoms with Gasteiger partial charge in [-0.25, -0.2) is 17.9 Å². The fourth-order valence-electron chi connectivity index (χ4n) is 4.03. The van der Waals surface area contributed by atoms with E-state index in [1.165, 1.54) is 12.1 Å². The predicted octanol–water partition coefficient (Wildman–Crippen LogP) is 4.07. The number of hydrogen-bond acceptors (Lipinski definition) is 5. The van der Waals surface area contributed by atoms with Crippen LogP contribution in [0.3, 0.4) is 0 Å². The first-order valence-corrected chi connectivity index (χ1v) is 12.6. The Kier molecular flexibility index (Phi) is 7.43. The number of hydrogen-bond donors (Lipinski definition) is 2. The van der Waals surface area contributed by atoms with Crippen LogP contribution in [-0.2, 0) is 16.6 Å². The van der Waals surface area contributed by atoms with Crippen LogP contribution in [0.4, 0.5) is 0 Å². The summed E-state index contributed by atoms with van der Waals surface area (Å²) >= 11 is 5.89. The number of likely N-dealkylation sites (tertiary alicyclic amines) is 1. The summed E-state index contributed by atoms with van der Waals surface area (Å²) in [7, 11) is -3.70. The van der Waals surface area contributed by atoms with Crippen molar-refractivity contribution in [2.75, 3.05) is 6.54 Å². The molecular weight excluding hydrogens is 474 g/mol. The van der Waals surface area contributed by atoms with E-state index in [4.69, 9.17) is 11.6 Å². The zero-order chi connectivity index (χ0) is 24.1. The summed E-state index contributed by atoms with van der Waals surface area (Å²) in [6, 6.07) is 16.3. The van der Waals surface area contributed by atoms with E-state index in [9.17, 15) is 18.3 Å². The van der Waals surface area contributed by atoms with E-state index in [0.29, 0.717) is 24.5 Å². The molecule has 0 unspecified atom stereocenters. The topological polar surface area (TPSA) is 99.6 Å². The monoisotopic (exact) mass is 497 g/mol. The van der Waals surface area contributed by atoms with Gasteiger partial charge in [-0.2, -0.15) is 0 Å². The average Bonchev–Trinajstić information content (AvgIpc) is 3.19. The molecule has 7 nitrogen and oxygen atoms in total. The molecule has 0 bridgehead atoms. The van der Waals surface area contributed by atoms with E-state index in [2.05, 4.69) is 14.6 Å². The van der Waals surface area contributed by atoms with Gasteiger partial charge in [0, 0.05) is 42.6 Å². The second-order valence-corrected chi connectivity index (χ2v) is 10.3. The Morgan fingerprint density at radius 2 is 1.97 bits per heavy atom. The molecule has 2 atom stereocenters. The van der Waals surface area contributed by atoms with Crippen molar-refractivity contribution in [2.24, 2.45) is 0 Å². The highest BCUT2D eigenvalue weighted by Crippen LogP contribution is 2.24. The first kappa shape index (κ1) is 24.1. The van der Waals surface area contributed by atoms with Crippen LogP contribution >= 0.6 is 11.6 Å².